The number of pyridine rings is 1. The number of esters is 1. The molecule has 20 heavy (non-hydrogen) atoms. The van der Waals surface area contributed by atoms with Crippen LogP contribution in [0.25, 0.3) is 21.3 Å². The second kappa shape index (κ2) is 5.02. The Morgan fingerprint density at radius 2 is 2.15 bits per heavy atom. The van der Waals surface area contributed by atoms with Crippen LogP contribution in [0.5, 0.6) is 0 Å². The van der Waals surface area contributed by atoms with Gasteiger partial charge in [-0.25, -0.2) is 14.2 Å². The lowest BCUT2D eigenvalue weighted by Crippen LogP contribution is -2.04. The second-order valence-electron chi connectivity index (χ2n) is 4.19. The number of ether oxygens (including phenoxy) is 1. The van der Waals surface area contributed by atoms with Crippen LogP contribution in [0.3, 0.4) is 0 Å². The summed E-state index contributed by atoms with van der Waals surface area (Å²) in [5, 5.41) is 2.81. The molecule has 0 aliphatic carbocycles. The van der Waals surface area contributed by atoms with Crippen LogP contribution >= 0.6 is 11.3 Å². The normalized spacial score (nSPS) is 10.7. The topological polar surface area (TPSA) is 39.2 Å². The van der Waals surface area contributed by atoms with E-state index in [-0.39, 0.29) is 11.5 Å². The van der Waals surface area contributed by atoms with E-state index in [0.717, 1.165) is 10.1 Å². The van der Waals surface area contributed by atoms with Gasteiger partial charge in [0.05, 0.1) is 12.8 Å². The molecule has 0 saturated heterocycles. The molecule has 3 rings (SSSR count). The predicted molar refractivity (Wildman–Crippen MR) is 76.4 cm³/mol. The summed E-state index contributed by atoms with van der Waals surface area (Å²) in [6.07, 6.45) is 0. The van der Waals surface area contributed by atoms with Gasteiger partial charge in [0.15, 0.2) is 5.69 Å². The van der Waals surface area contributed by atoms with Gasteiger partial charge in [0.2, 0.25) is 0 Å². The van der Waals surface area contributed by atoms with Gasteiger partial charge in [-0.2, -0.15) is 0 Å². The van der Waals surface area contributed by atoms with E-state index in [4.69, 9.17) is 4.74 Å². The Morgan fingerprint density at radius 1 is 1.30 bits per heavy atom. The molecule has 100 valence electrons. The van der Waals surface area contributed by atoms with Crippen molar-refractivity contribution >= 4 is 27.4 Å². The molecule has 0 fully saturated rings. The average Bonchev–Trinajstić information content (AvgIpc) is 2.93. The first-order valence-corrected chi connectivity index (χ1v) is 6.79. The van der Waals surface area contributed by atoms with Crippen LogP contribution in [-0.4, -0.2) is 18.1 Å². The molecule has 0 amide bonds. The van der Waals surface area contributed by atoms with Gasteiger partial charge in [0, 0.05) is 15.6 Å². The van der Waals surface area contributed by atoms with E-state index >= 15 is 0 Å². The number of halogens is 1. The second-order valence-corrected chi connectivity index (χ2v) is 5.14. The zero-order chi connectivity index (χ0) is 14.1. The van der Waals surface area contributed by atoms with E-state index in [2.05, 4.69) is 4.98 Å². The molecular formula is C15H10FNO2S. The Kier molecular flexibility index (Phi) is 3.20. The van der Waals surface area contributed by atoms with Crippen molar-refractivity contribution in [1.29, 1.82) is 0 Å². The van der Waals surface area contributed by atoms with E-state index in [1.54, 1.807) is 18.2 Å². The molecule has 0 saturated carbocycles. The van der Waals surface area contributed by atoms with E-state index in [1.807, 2.05) is 11.4 Å². The number of hydrogen-bond acceptors (Lipinski definition) is 4. The zero-order valence-corrected chi connectivity index (χ0v) is 11.4. The third-order valence-electron chi connectivity index (χ3n) is 2.94. The molecule has 2 heterocycles. The van der Waals surface area contributed by atoms with E-state index < -0.39 is 5.97 Å². The first-order chi connectivity index (χ1) is 9.69. The van der Waals surface area contributed by atoms with Crippen LogP contribution in [0.4, 0.5) is 4.39 Å². The molecule has 0 unspecified atom stereocenters. The molecule has 0 spiro atoms. The lowest BCUT2D eigenvalue weighted by Gasteiger charge is -2.06. The highest BCUT2D eigenvalue weighted by molar-refractivity contribution is 7.17. The van der Waals surface area contributed by atoms with Crippen molar-refractivity contribution in [2.24, 2.45) is 0 Å². The molecule has 3 nitrogen and oxygen atoms in total. The Balaban J connectivity index is 2.27. The molecule has 2 aromatic heterocycles. The quantitative estimate of drug-likeness (QED) is 0.671. The first-order valence-electron chi connectivity index (χ1n) is 5.91. The summed E-state index contributed by atoms with van der Waals surface area (Å²) in [4.78, 5) is 16.0. The number of methoxy groups -OCH3 is 1. The van der Waals surface area contributed by atoms with Crippen LogP contribution in [0.2, 0.25) is 0 Å². The number of hydrogen-bond donors (Lipinski definition) is 0. The predicted octanol–water partition coefficient (Wildman–Crippen LogP) is 3.89. The number of carbonyl (C=O) groups is 1. The van der Waals surface area contributed by atoms with Crippen LogP contribution in [-0.2, 0) is 4.74 Å². The van der Waals surface area contributed by atoms with Crippen LogP contribution < -0.4 is 0 Å². The van der Waals surface area contributed by atoms with Gasteiger partial charge in [-0.15, -0.1) is 11.3 Å². The molecule has 5 heteroatoms. The molecule has 0 aliphatic heterocycles. The highest BCUT2D eigenvalue weighted by Crippen LogP contribution is 2.31. The minimum absolute atomic E-state index is 0.224. The van der Waals surface area contributed by atoms with Crippen molar-refractivity contribution in [3.8, 4) is 11.3 Å². The van der Waals surface area contributed by atoms with Crippen molar-refractivity contribution < 1.29 is 13.9 Å². The number of aromatic nitrogens is 1. The summed E-state index contributed by atoms with van der Waals surface area (Å²) in [6, 6.07) is 9.76. The van der Waals surface area contributed by atoms with Crippen LogP contribution in [0, 0.1) is 5.82 Å². The largest absolute Gasteiger partial charge is 0.464 e. The number of carbonyl (C=O) groups excluding carboxylic acids is 1. The van der Waals surface area contributed by atoms with Gasteiger partial charge in [-0.1, -0.05) is 12.1 Å². The summed E-state index contributed by atoms with van der Waals surface area (Å²) in [7, 11) is 1.31. The number of rotatable bonds is 2. The molecule has 0 N–H and O–H groups in total. The lowest BCUT2D eigenvalue weighted by molar-refractivity contribution is 0.0594. The Bertz CT molecular complexity index is 797. The average molecular weight is 287 g/mol. The maximum Gasteiger partial charge on any atom is 0.356 e. The Hall–Kier alpha value is -2.27. The first kappa shape index (κ1) is 12.7. The van der Waals surface area contributed by atoms with Gasteiger partial charge in [0.1, 0.15) is 5.82 Å². The van der Waals surface area contributed by atoms with Crippen molar-refractivity contribution in [3.05, 3.63) is 53.3 Å². The third-order valence-corrected chi connectivity index (χ3v) is 3.81. The summed E-state index contributed by atoms with van der Waals surface area (Å²) < 4.78 is 19.0. The fourth-order valence-corrected chi connectivity index (χ4v) is 2.85. The maximum absolute atomic E-state index is 13.4. The van der Waals surface area contributed by atoms with Crippen molar-refractivity contribution in [1.82, 2.24) is 4.98 Å². The Labute approximate surface area is 118 Å². The Morgan fingerprint density at radius 3 is 2.90 bits per heavy atom. The van der Waals surface area contributed by atoms with Gasteiger partial charge in [0.25, 0.3) is 0 Å². The van der Waals surface area contributed by atoms with Gasteiger partial charge < -0.3 is 4.74 Å². The molecule has 0 atom stereocenters. The van der Waals surface area contributed by atoms with Crippen molar-refractivity contribution in [2.75, 3.05) is 7.11 Å². The minimum atomic E-state index is -0.502. The van der Waals surface area contributed by atoms with Crippen molar-refractivity contribution in [2.45, 2.75) is 0 Å². The smallest absolute Gasteiger partial charge is 0.356 e. The summed E-state index contributed by atoms with van der Waals surface area (Å²) in [5.74, 6) is -0.839. The fourth-order valence-electron chi connectivity index (χ4n) is 2.03. The molecular weight excluding hydrogens is 277 g/mol. The van der Waals surface area contributed by atoms with Crippen LogP contribution in [0.1, 0.15) is 10.5 Å². The van der Waals surface area contributed by atoms with Crippen LogP contribution in [0.15, 0.2) is 41.8 Å². The molecule has 0 radical (unpaired) electrons. The standard InChI is InChI=1S/C15H10FNO2S/c1-19-15(18)12-8-13-11(5-6-20-13)14(17-12)9-3-2-4-10(16)7-9/h2-8H,1H3. The van der Waals surface area contributed by atoms with E-state index in [9.17, 15) is 9.18 Å². The number of thiophene rings is 1. The number of benzene rings is 1. The molecule has 1 aromatic carbocycles. The summed E-state index contributed by atoms with van der Waals surface area (Å²) in [5.41, 5.74) is 1.45. The third kappa shape index (κ3) is 2.16. The summed E-state index contributed by atoms with van der Waals surface area (Å²) in [6.45, 7) is 0. The molecule has 3 aromatic rings. The SMILES string of the molecule is COC(=O)c1cc2sccc2c(-c2cccc(F)c2)n1. The molecule has 0 aliphatic rings. The zero-order valence-electron chi connectivity index (χ0n) is 10.6. The van der Waals surface area contributed by atoms with Gasteiger partial charge in [-0.05, 0) is 29.6 Å². The highest BCUT2D eigenvalue weighted by atomic mass is 32.1. The maximum atomic E-state index is 13.4. The van der Waals surface area contributed by atoms with E-state index in [0.29, 0.717) is 11.3 Å². The van der Waals surface area contributed by atoms with Gasteiger partial charge in [-0.3, -0.25) is 0 Å². The lowest BCUT2D eigenvalue weighted by atomic mass is 10.1. The highest BCUT2D eigenvalue weighted by Gasteiger charge is 2.14. The van der Waals surface area contributed by atoms with Gasteiger partial charge >= 0.3 is 5.97 Å². The fraction of sp³-hybridized carbons (Fsp3) is 0.0667. The molecule has 0 bridgehead atoms. The number of fused-ring (bicyclic) bond motifs is 1. The van der Waals surface area contributed by atoms with E-state index in [1.165, 1.54) is 30.6 Å². The number of nitrogens with zero attached hydrogens (tertiary/aromatic N) is 1. The monoisotopic (exact) mass is 287 g/mol. The van der Waals surface area contributed by atoms with Crippen molar-refractivity contribution in [3.63, 3.8) is 0 Å². The minimum Gasteiger partial charge on any atom is -0.464 e. The summed E-state index contributed by atoms with van der Waals surface area (Å²) >= 11 is 1.50.